The lowest BCUT2D eigenvalue weighted by Gasteiger charge is -2.02. The average Bonchev–Trinajstić information content (AvgIpc) is 2.96. The number of aryl methyl sites for hydroxylation is 1. The van der Waals surface area contributed by atoms with Crippen molar-refractivity contribution in [3.63, 3.8) is 0 Å². The van der Waals surface area contributed by atoms with E-state index in [-0.39, 0.29) is 15.1 Å². The first-order valence-electron chi connectivity index (χ1n) is 5.71. The van der Waals surface area contributed by atoms with Crippen LogP contribution < -0.4 is 4.72 Å². The summed E-state index contributed by atoms with van der Waals surface area (Å²) in [5.41, 5.74) is 0.335. The topological polar surface area (TPSA) is 107 Å². The van der Waals surface area contributed by atoms with Gasteiger partial charge in [0, 0.05) is 32.3 Å². The minimum atomic E-state index is -3.81. The maximum atomic E-state index is 12.0. The Bertz CT molecular complexity index is 768. The number of nitrogens with zero attached hydrogens (tertiary/aromatic N) is 3. The van der Waals surface area contributed by atoms with Crippen LogP contribution in [0.5, 0.6) is 0 Å². The first-order valence-corrected chi connectivity index (χ1v) is 8.39. The Hall–Kier alpha value is -1.49. The molecular formula is C10H11ClN4O4S2. The minimum absolute atomic E-state index is 0.142. The van der Waals surface area contributed by atoms with Gasteiger partial charge in [-0.1, -0.05) is 11.6 Å². The molecule has 21 heavy (non-hydrogen) atoms. The smallest absolute Gasteiger partial charge is 0.276 e. The lowest BCUT2D eigenvalue weighted by atomic mass is 10.3. The second-order valence-corrected chi connectivity index (χ2v) is 7.76. The Balaban J connectivity index is 2.04. The van der Waals surface area contributed by atoms with Crippen LogP contribution in [0.4, 0.5) is 5.69 Å². The number of sulfonamides is 1. The van der Waals surface area contributed by atoms with E-state index in [9.17, 15) is 18.5 Å². The highest BCUT2D eigenvalue weighted by molar-refractivity contribution is 7.91. The summed E-state index contributed by atoms with van der Waals surface area (Å²) in [6.45, 7) is 0.142. The van der Waals surface area contributed by atoms with Crippen LogP contribution in [0.25, 0.3) is 0 Å². The van der Waals surface area contributed by atoms with Gasteiger partial charge in [-0.3, -0.25) is 14.8 Å². The van der Waals surface area contributed by atoms with Crippen LogP contribution >= 0.6 is 22.9 Å². The summed E-state index contributed by atoms with van der Waals surface area (Å²) in [4.78, 5) is 9.95. The van der Waals surface area contributed by atoms with Gasteiger partial charge in [0.1, 0.15) is 4.21 Å². The molecule has 2 aromatic rings. The zero-order valence-electron chi connectivity index (χ0n) is 10.8. The molecule has 0 amide bonds. The molecule has 8 nitrogen and oxygen atoms in total. The summed E-state index contributed by atoms with van der Waals surface area (Å²) in [6, 6.07) is 2.73. The van der Waals surface area contributed by atoms with Crippen LogP contribution in [0, 0.1) is 10.1 Å². The molecule has 2 aromatic heterocycles. The average molecular weight is 351 g/mol. The van der Waals surface area contributed by atoms with E-state index in [2.05, 4.69) is 9.82 Å². The molecule has 0 aliphatic rings. The number of hydrogen-bond donors (Lipinski definition) is 1. The van der Waals surface area contributed by atoms with Crippen LogP contribution in [0.3, 0.4) is 0 Å². The summed E-state index contributed by atoms with van der Waals surface area (Å²) < 4.78 is 27.7. The van der Waals surface area contributed by atoms with Crippen molar-refractivity contribution in [3.8, 4) is 0 Å². The van der Waals surface area contributed by atoms with Gasteiger partial charge in [0.05, 0.1) is 10.6 Å². The van der Waals surface area contributed by atoms with E-state index in [0.717, 1.165) is 11.8 Å². The van der Waals surface area contributed by atoms with E-state index in [1.165, 1.54) is 0 Å². The molecule has 114 valence electrons. The third kappa shape index (κ3) is 3.79. The number of nitrogens with one attached hydrogen (secondary N) is 1. The van der Waals surface area contributed by atoms with Crippen LogP contribution in [0.2, 0.25) is 4.34 Å². The SMILES string of the molecule is Cn1ccc(CCNS(=O)(=O)c2cc([N+](=O)[O-])c(Cl)s2)n1. The molecule has 0 bridgehead atoms. The van der Waals surface area contributed by atoms with Gasteiger partial charge >= 0.3 is 0 Å². The molecule has 0 aliphatic carbocycles. The van der Waals surface area contributed by atoms with Crippen molar-refractivity contribution in [1.29, 1.82) is 0 Å². The van der Waals surface area contributed by atoms with Crippen molar-refractivity contribution in [2.75, 3.05) is 6.54 Å². The molecule has 0 saturated heterocycles. The van der Waals surface area contributed by atoms with E-state index in [1.54, 1.807) is 24.0 Å². The van der Waals surface area contributed by atoms with E-state index in [1.807, 2.05) is 0 Å². The van der Waals surface area contributed by atoms with Crippen LogP contribution in [0.1, 0.15) is 5.69 Å². The van der Waals surface area contributed by atoms with E-state index in [4.69, 9.17) is 11.6 Å². The normalized spacial score (nSPS) is 11.7. The first kappa shape index (κ1) is 15.9. The maximum Gasteiger partial charge on any atom is 0.300 e. The number of aromatic nitrogens is 2. The molecule has 0 radical (unpaired) electrons. The number of nitro groups is 1. The summed E-state index contributed by atoms with van der Waals surface area (Å²) in [6.07, 6.45) is 2.17. The highest BCUT2D eigenvalue weighted by atomic mass is 35.5. The summed E-state index contributed by atoms with van der Waals surface area (Å²) in [7, 11) is -2.05. The monoisotopic (exact) mass is 350 g/mol. The zero-order valence-corrected chi connectivity index (χ0v) is 13.2. The Labute approximate surface area is 129 Å². The number of hydrogen-bond acceptors (Lipinski definition) is 6. The maximum absolute atomic E-state index is 12.0. The van der Waals surface area contributed by atoms with Gasteiger partial charge in [0.15, 0.2) is 4.34 Å². The van der Waals surface area contributed by atoms with Crippen LogP contribution in [-0.4, -0.2) is 29.7 Å². The lowest BCUT2D eigenvalue weighted by Crippen LogP contribution is -2.25. The molecule has 2 heterocycles. The van der Waals surface area contributed by atoms with Crippen LogP contribution in [0.15, 0.2) is 22.5 Å². The Kier molecular flexibility index (Phi) is 4.61. The standard InChI is InChI=1S/C10H11ClN4O4S2/c1-14-5-3-7(13-14)2-4-12-21(18,19)9-6-8(15(16)17)10(11)20-9/h3,5-6,12H,2,4H2,1H3. The molecule has 2 rings (SSSR count). The molecule has 0 unspecified atom stereocenters. The van der Waals surface area contributed by atoms with Gasteiger partial charge < -0.3 is 0 Å². The third-order valence-electron chi connectivity index (χ3n) is 2.55. The largest absolute Gasteiger partial charge is 0.300 e. The van der Waals surface area contributed by atoms with E-state index >= 15 is 0 Å². The predicted octanol–water partition coefficient (Wildman–Crippen LogP) is 1.56. The number of thiophene rings is 1. The zero-order chi connectivity index (χ0) is 15.6. The van der Waals surface area contributed by atoms with Crippen molar-refractivity contribution in [2.24, 2.45) is 7.05 Å². The summed E-state index contributed by atoms with van der Waals surface area (Å²) >= 11 is 6.30. The Morgan fingerprint density at radius 3 is 2.81 bits per heavy atom. The Morgan fingerprint density at radius 2 is 2.29 bits per heavy atom. The number of halogens is 1. The molecule has 0 fully saturated rings. The Morgan fingerprint density at radius 1 is 1.57 bits per heavy atom. The predicted molar refractivity (Wildman–Crippen MR) is 78.1 cm³/mol. The fraction of sp³-hybridized carbons (Fsp3) is 0.300. The molecular weight excluding hydrogens is 340 g/mol. The molecule has 11 heteroatoms. The summed E-state index contributed by atoms with van der Waals surface area (Å²) in [5.74, 6) is 0. The molecule has 0 atom stereocenters. The molecule has 0 spiro atoms. The second-order valence-electron chi connectivity index (χ2n) is 4.11. The second kappa shape index (κ2) is 6.10. The van der Waals surface area contributed by atoms with Crippen molar-refractivity contribution >= 4 is 38.6 Å². The fourth-order valence-corrected chi connectivity index (χ4v) is 4.32. The molecule has 0 saturated carbocycles. The number of rotatable bonds is 6. The lowest BCUT2D eigenvalue weighted by molar-refractivity contribution is -0.384. The van der Waals surface area contributed by atoms with E-state index < -0.39 is 20.6 Å². The minimum Gasteiger partial charge on any atom is -0.276 e. The van der Waals surface area contributed by atoms with Crippen LogP contribution in [-0.2, 0) is 23.5 Å². The van der Waals surface area contributed by atoms with Crippen molar-refractivity contribution in [1.82, 2.24) is 14.5 Å². The quantitative estimate of drug-likeness (QED) is 0.628. The highest BCUT2D eigenvalue weighted by Crippen LogP contribution is 2.35. The molecule has 1 N–H and O–H groups in total. The van der Waals surface area contributed by atoms with Gasteiger partial charge in [0.2, 0.25) is 10.0 Å². The van der Waals surface area contributed by atoms with Gasteiger partial charge in [-0.25, -0.2) is 13.1 Å². The van der Waals surface area contributed by atoms with Crippen molar-refractivity contribution in [2.45, 2.75) is 10.6 Å². The van der Waals surface area contributed by atoms with Gasteiger partial charge in [0.25, 0.3) is 5.69 Å². The van der Waals surface area contributed by atoms with Crippen molar-refractivity contribution < 1.29 is 13.3 Å². The van der Waals surface area contributed by atoms with Gasteiger partial charge in [-0.15, -0.1) is 11.3 Å². The highest BCUT2D eigenvalue weighted by Gasteiger charge is 2.24. The first-order chi connectivity index (χ1) is 9.79. The molecule has 0 aliphatic heterocycles. The van der Waals surface area contributed by atoms with Gasteiger partial charge in [-0.2, -0.15) is 5.10 Å². The molecule has 0 aromatic carbocycles. The third-order valence-corrected chi connectivity index (χ3v) is 5.82. The fourth-order valence-electron chi connectivity index (χ4n) is 1.58. The van der Waals surface area contributed by atoms with E-state index in [0.29, 0.717) is 17.8 Å². The summed E-state index contributed by atoms with van der Waals surface area (Å²) in [5, 5.41) is 14.8. The van der Waals surface area contributed by atoms with Crippen molar-refractivity contribution in [3.05, 3.63) is 38.5 Å². The van der Waals surface area contributed by atoms with Gasteiger partial charge in [-0.05, 0) is 6.07 Å².